The number of nitrogens with zero attached hydrogens (tertiary/aromatic N) is 2. The number of nitrogens with one attached hydrogen (secondary N) is 1. The van der Waals surface area contributed by atoms with Crippen molar-refractivity contribution in [3.8, 4) is 0 Å². The molecule has 0 radical (unpaired) electrons. The molecule has 6 heteroatoms. The minimum atomic E-state index is -0.327. The van der Waals surface area contributed by atoms with Gasteiger partial charge in [-0.05, 0) is 31.0 Å². The third-order valence-corrected chi connectivity index (χ3v) is 4.76. The van der Waals surface area contributed by atoms with Gasteiger partial charge in [0.05, 0.1) is 10.2 Å². The fourth-order valence-electron chi connectivity index (χ4n) is 2.37. The summed E-state index contributed by atoms with van der Waals surface area (Å²) in [6, 6.07) is 5.22. The van der Waals surface area contributed by atoms with Gasteiger partial charge in [0.2, 0.25) is 0 Å². The third kappa shape index (κ3) is 2.90. The van der Waals surface area contributed by atoms with Crippen LogP contribution in [0.3, 0.4) is 0 Å². The van der Waals surface area contributed by atoms with Crippen molar-refractivity contribution < 1.29 is 4.39 Å². The topological polar surface area (TPSA) is 63.8 Å². The van der Waals surface area contributed by atoms with E-state index < -0.39 is 0 Å². The maximum Gasteiger partial charge on any atom is 0.147 e. The summed E-state index contributed by atoms with van der Waals surface area (Å²) in [5.41, 5.74) is 8.34. The van der Waals surface area contributed by atoms with Crippen molar-refractivity contribution in [3.05, 3.63) is 46.9 Å². The van der Waals surface area contributed by atoms with Crippen molar-refractivity contribution in [1.29, 1.82) is 0 Å². The molecule has 0 saturated heterocycles. The number of hydrogen-bond donors (Lipinski definition) is 2. The lowest BCUT2D eigenvalue weighted by molar-refractivity contribution is 0.626. The van der Waals surface area contributed by atoms with Gasteiger partial charge < -0.3 is 11.1 Å². The first-order valence-electron chi connectivity index (χ1n) is 7.42. The van der Waals surface area contributed by atoms with E-state index in [1.807, 2.05) is 11.5 Å². The highest BCUT2D eigenvalue weighted by Crippen LogP contribution is 2.33. The van der Waals surface area contributed by atoms with Crippen LogP contribution in [-0.4, -0.2) is 16.0 Å². The number of hydrogen-bond acceptors (Lipinski definition) is 5. The number of halogens is 1. The second-order valence-corrected chi connectivity index (χ2v) is 6.50. The fourth-order valence-corrected chi connectivity index (χ4v) is 3.31. The summed E-state index contributed by atoms with van der Waals surface area (Å²) in [5.74, 6) is 0.562. The largest absolute Gasteiger partial charge is 0.399 e. The molecule has 1 saturated carbocycles. The Hall–Kier alpha value is -2.47. The standard InChI is InChI=1S/C17H15FN4S/c18-14-7-12(19)4-3-10(14)1-2-11-8-23-16-15(11)20-9-21-17(16)22-13-5-6-13/h1-4,7-9,13H,5-6,19H2,(H,20,21,22). The van der Waals surface area contributed by atoms with Crippen molar-refractivity contribution in [2.75, 3.05) is 11.1 Å². The summed E-state index contributed by atoms with van der Waals surface area (Å²) < 4.78 is 14.9. The van der Waals surface area contributed by atoms with Gasteiger partial charge in [0.1, 0.15) is 18.0 Å². The van der Waals surface area contributed by atoms with Crippen LogP contribution in [0.2, 0.25) is 0 Å². The number of anilines is 2. The first-order valence-corrected chi connectivity index (χ1v) is 8.30. The number of benzene rings is 1. The molecule has 0 aliphatic heterocycles. The molecule has 0 atom stereocenters. The van der Waals surface area contributed by atoms with Crippen molar-refractivity contribution in [1.82, 2.24) is 9.97 Å². The van der Waals surface area contributed by atoms with Crippen LogP contribution in [0.15, 0.2) is 29.9 Å². The Labute approximate surface area is 136 Å². The average molecular weight is 326 g/mol. The highest BCUT2D eigenvalue weighted by Gasteiger charge is 2.22. The highest BCUT2D eigenvalue weighted by atomic mass is 32.1. The van der Waals surface area contributed by atoms with E-state index in [1.165, 1.54) is 18.9 Å². The molecule has 3 N–H and O–H groups in total. The zero-order chi connectivity index (χ0) is 15.8. The van der Waals surface area contributed by atoms with Crippen molar-refractivity contribution in [2.45, 2.75) is 18.9 Å². The van der Waals surface area contributed by atoms with Gasteiger partial charge in [-0.1, -0.05) is 12.2 Å². The second kappa shape index (κ2) is 5.62. The zero-order valence-corrected chi connectivity index (χ0v) is 13.1. The van der Waals surface area contributed by atoms with Gasteiger partial charge in [0, 0.05) is 28.2 Å². The molecule has 4 rings (SSSR count). The molecule has 0 bridgehead atoms. The van der Waals surface area contributed by atoms with E-state index in [1.54, 1.807) is 35.9 Å². The number of nitrogens with two attached hydrogens (primary N) is 1. The lowest BCUT2D eigenvalue weighted by Gasteiger charge is -2.03. The quantitative estimate of drug-likeness (QED) is 0.707. The lowest BCUT2D eigenvalue weighted by Crippen LogP contribution is -2.03. The Morgan fingerprint density at radius 1 is 1.22 bits per heavy atom. The van der Waals surface area contributed by atoms with E-state index in [9.17, 15) is 4.39 Å². The predicted octanol–water partition coefficient (Wildman–Crippen LogP) is 4.16. The van der Waals surface area contributed by atoms with E-state index in [4.69, 9.17) is 5.73 Å². The maximum atomic E-state index is 13.8. The summed E-state index contributed by atoms with van der Waals surface area (Å²) in [4.78, 5) is 8.71. The number of rotatable bonds is 4. The zero-order valence-electron chi connectivity index (χ0n) is 12.3. The van der Waals surface area contributed by atoms with Crippen LogP contribution in [0.4, 0.5) is 15.9 Å². The van der Waals surface area contributed by atoms with Crippen LogP contribution < -0.4 is 11.1 Å². The van der Waals surface area contributed by atoms with E-state index >= 15 is 0 Å². The summed E-state index contributed by atoms with van der Waals surface area (Å²) in [6.07, 6.45) is 7.58. The molecule has 4 nitrogen and oxygen atoms in total. The molecule has 1 aliphatic rings. The molecule has 2 heterocycles. The molecular weight excluding hydrogens is 311 g/mol. The summed E-state index contributed by atoms with van der Waals surface area (Å²) in [5, 5.41) is 5.44. The molecule has 0 unspecified atom stereocenters. The van der Waals surface area contributed by atoms with Gasteiger partial charge in [-0.2, -0.15) is 0 Å². The van der Waals surface area contributed by atoms with Crippen LogP contribution in [-0.2, 0) is 0 Å². The molecule has 2 aromatic heterocycles. The Bertz CT molecular complexity index is 899. The minimum Gasteiger partial charge on any atom is -0.399 e. The van der Waals surface area contributed by atoms with Gasteiger partial charge in [0.25, 0.3) is 0 Å². The van der Waals surface area contributed by atoms with E-state index in [2.05, 4.69) is 15.3 Å². The number of aromatic nitrogens is 2. The number of fused-ring (bicyclic) bond motifs is 1. The molecule has 0 amide bonds. The van der Waals surface area contributed by atoms with Gasteiger partial charge in [-0.25, -0.2) is 14.4 Å². The van der Waals surface area contributed by atoms with Crippen molar-refractivity contribution in [3.63, 3.8) is 0 Å². The summed E-state index contributed by atoms with van der Waals surface area (Å²) >= 11 is 1.60. The summed E-state index contributed by atoms with van der Waals surface area (Å²) in [6.45, 7) is 0. The van der Waals surface area contributed by atoms with Crippen LogP contribution in [0, 0.1) is 5.82 Å². The van der Waals surface area contributed by atoms with Crippen LogP contribution in [0.5, 0.6) is 0 Å². The normalized spacial score (nSPS) is 14.7. The SMILES string of the molecule is Nc1ccc(C=Cc2csc3c(NC4CC4)ncnc23)c(F)c1. The first-order chi connectivity index (χ1) is 11.2. The average Bonchev–Trinajstić information content (AvgIpc) is 3.25. The molecule has 1 aromatic carbocycles. The van der Waals surface area contributed by atoms with Crippen LogP contribution in [0.25, 0.3) is 22.4 Å². The predicted molar refractivity (Wildman–Crippen MR) is 93.8 cm³/mol. The third-order valence-electron chi connectivity index (χ3n) is 3.77. The monoisotopic (exact) mass is 326 g/mol. The minimum absolute atomic E-state index is 0.327. The highest BCUT2D eigenvalue weighted by molar-refractivity contribution is 7.18. The van der Waals surface area contributed by atoms with Crippen LogP contribution in [0.1, 0.15) is 24.0 Å². The Morgan fingerprint density at radius 3 is 2.83 bits per heavy atom. The van der Waals surface area contributed by atoms with E-state index in [0.717, 1.165) is 21.6 Å². The Morgan fingerprint density at radius 2 is 2.04 bits per heavy atom. The Kier molecular flexibility index (Phi) is 3.46. The molecule has 1 aliphatic carbocycles. The van der Waals surface area contributed by atoms with Gasteiger partial charge >= 0.3 is 0 Å². The molecule has 116 valence electrons. The van der Waals surface area contributed by atoms with Gasteiger partial charge in [0.15, 0.2) is 0 Å². The van der Waals surface area contributed by atoms with Crippen molar-refractivity contribution in [2.24, 2.45) is 0 Å². The molecule has 1 fully saturated rings. The van der Waals surface area contributed by atoms with Crippen molar-refractivity contribution >= 4 is 45.2 Å². The second-order valence-electron chi connectivity index (χ2n) is 5.62. The lowest BCUT2D eigenvalue weighted by atomic mass is 10.1. The smallest absolute Gasteiger partial charge is 0.147 e. The van der Waals surface area contributed by atoms with Crippen LogP contribution >= 0.6 is 11.3 Å². The molecule has 23 heavy (non-hydrogen) atoms. The molecule has 0 spiro atoms. The number of nitrogen functional groups attached to an aromatic ring is 1. The first kappa shape index (κ1) is 14.1. The summed E-state index contributed by atoms with van der Waals surface area (Å²) in [7, 11) is 0. The molecular formula is C17H15FN4S. The fraction of sp³-hybridized carbons (Fsp3) is 0.176. The Balaban J connectivity index is 1.67. The molecule has 3 aromatic rings. The maximum absolute atomic E-state index is 13.8. The van der Waals surface area contributed by atoms with Gasteiger partial charge in [-0.3, -0.25) is 0 Å². The number of thiophene rings is 1. The van der Waals surface area contributed by atoms with E-state index in [0.29, 0.717) is 17.3 Å². The van der Waals surface area contributed by atoms with E-state index in [-0.39, 0.29) is 5.82 Å². The van der Waals surface area contributed by atoms with Gasteiger partial charge in [-0.15, -0.1) is 11.3 Å².